The van der Waals surface area contributed by atoms with E-state index in [9.17, 15) is 18.0 Å². The number of carbonyl (C=O) groups excluding carboxylic acids is 1. The third-order valence-corrected chi connectivity index (χ3v) is 3.76. The Morgan fingerprint density at radius 3 is 2.33 bits per heavy atom. The SMILES string of the molecule is Nc1c(NNC(=O)Cc2ccccc2)ncnc1Nc1ccc(OC(F)(F)F)cc1. The molecule has 1 aromatic heterocycles. The number of nitrogens with two attached hydrogens (primary N) is 1. The zero-order valence-corrected chi connectivity index (χ0v) is 15.4. The van der Waals surface area contributed by atoms with Gasteiger partial charge in [0, 0.05) is 5.69 Å². The number of aromatic nitrogens is 2. The molecule has 0 spiro atoms. The number of hydrogen-bond donors (Lipinski definition) is 4. The van der Waals surface area contributed by atoms with E-state index in [1.165, 1.54) is 18.5 Å². The number of nitrogen functional groups attached to an aromatic ring is 1. The van der Waals surface area contributed by atoms with E-state index in [0.29, 0.717) is 5.69 Å². The largest absolute Gasteiger partial charge is 0.573 e. The molecular weight excluding hydrogens is 401 g/mol. The normalized spacial score (nSPS) is 10.9. The molecule has 2 aromatic carbocycles. The lowest BCUT2D eigenvalue weighted by Gasteiger charge is -2.14. The van der Waals surface area contributed by atoms with E-state index in [-0.39, 0.29) is 35.4 Å². The number of alkyl halides is 3. The highest BCUT2D eigenvalue weighted by atomic mass is 19.4. The lowest BCUT2D eigenvalue weighted by Crippen LogP contribution is -2.31. The molecule has 30 heavy (non-hydrogen) atoms. The summed E-state index contributed by atoms with van der Waals surface area (Å²) in [5, 5.41) is 2.86. The van der Waals surface area contributed by atoms with Crippen molar-refractivity contribution < 1.29 is 22.7 Å². The van der Waals surface area contributed by atoms with Crippen molar-refractivity contribution in [1.29, 1.82) is 0 Å². The van der Waals surface area contributed by atoms with Gasteiger partial charge in [0.15, 0.2) is 11.6 Å². The molecule has 0 radical (unpaired) electrons. The molecule has 0 bridgehead atoms. The Morgan fingerprint density at radius 2 is 1.67 bits per heavy atom. The van der Waals surface area contributed by atoms with Crippen LogP contribution in [-0.4, -0.2) is 22.2 Å². The van der Waals surface area contributed by atoms with Gasteiger partial charge < -0.3 is 15.8 Å². The Balaban J connectivity index is 1.61. The maximum Gasteiger partial charge on any atom is 0.573 e. The van der Waals surface area contributed by atoms with E-state index in [4.69, 9.17) is 5.73 Å². The van der Waals surface area contributed by atoms with Gasteiger partial charge in [-0.05, 0) is 29.8 Å². The molecule has 0 fully saturated rings. The van der Waals surface area contributed by atoms with Crippen LogP contribution in [0.3, 0.4) is 0 Å². The van der Waals surface area contributed by atoms with Gasteiger partial charge in [-0.15, -0.1) is 13.2 Å². The molecule has 3 aromatic rings. The van der Waals surface area contributed by atoms with Crippen LogP contribution < -0.4 is 26.6 Å². The van der Waals surface area contributed by atoms with Crippen LogP contribution in [-0.2, 0) is 11.2 Å². The third kappa shape index (κ3) is 5.99. The number of halogens is 3. The molecule has 3 rings (SSSR count). The molecule has 156 valence electrons. The van der Waals surface area contributed by atoms with Crippen molar-refractivity contribution in [3.8, 4) is 5.75 Å². The van der Waals surface area contributed by atoms with E-state index >= 15 is 0 Å². The van der Waals surface area contributed by atoms with Crippen LogP contribution in [0.1, 0.15) is 5.56 Å². The minimum Gasteiger partial charge on any atom is -0.406 e. The number of nitrogens with zero attached hydrogens (tertiary/aromatic N) is 2. The van der Waals surface area contributed by atoms with Gasteiger partial charge in [0.1, 0.15) is 17.8 Å². The van der Waals surface area contributed by atoms with E-state index < -0.39 is 6.36 Å². The number of ether oxygens (including phenoxy) is 1. The molecule has 5 N–H and O–H groups in total. The first-order chi connectivity index (χ1) is 14.3. The summed E-state index contributed by atoms with van der Waals surface area (Å²) in [5.74, 6) is -0.290. The summed E-state index contributed by atoms with van der Waals surface area (Å²) in [6, 6.07) is 14.2. The van der Waals surface area contributed by atoms with Crippen molar-refractivity contribution in [2.45, 2.75) is 12.8 Å². The minimum absolute atomic E-state index is 0.105. The second-order valence-corrected chi connectivity index (χ2v) is 6.02. The van der Waals surface area contributed by atoms with Gasteiger partial charge in [0.25, 0.3) is 0 Å². The van der Waals surface area contributed by atoms with Gasteiger partial charge >= 0.3 is 6.36 Å². The zero-order valence-electron chi connectivity index (χ0n) is 15.4. The summed E-state index contributed by atoms with van der Waals surface area (Å²) in [5.41, 5.74) is 12.5. The topological polar surface area (TPSA) is 114 Å². The Labute approximate surface area is 169 Å². The molecule has 0 saturated carbocycles. The lowest BCUT2D eigenvalue weighted by atomic mass is 10.1. The molecule has 8 nitrogen and oxygen atoms in total. The van der Waals surface area contributed by atoms with E-state index in [0.717, 1.165) is 17.7 Å². The maximum absolute atomic E-state index is 12.2. The van der Waals surface area contributed by atoms with Crippen molar-refractivity contribution >= 4 is 28.9 Å². The molecule has 0 atom stereocenters. The number of hydrogen-bond acceptors (Lipinski definition) is 7. The first-order valence-corrected chi connectivity index (χ1v) is 8.62. The predicted molar refractivity (Wildman–Crippen MR) is 105 cm³/mol. The van der Waals surface area contributed by atoms with Crippen LogP contribution in [0.15, 0.2) is 60.9 Å². The van der Waals surface area contributed by atoms with Gasteiger partial charge in [-0.3, -0.25) is 15.6 Å². The summed E-state index contributed by atoms with van der Waals surface area (Å²) in [6.07, 6.45) is -3.39. The third-order valence-electron chi connectivity index (χ3n) is 3.76. The number of hydrazine groups is 1. The fourth-order valence-electron chi connectivity index (χ4n) is 2.43. The van der Waals surface area contributed by atoms with Gasteiger partial charge in [0.05, 0.1) is 6.42 Å². The van der Waals surface area contributed by atoms with Crippen molar-refractivity contribution in [3.63, 3.8) is 0 Å². The predicted octanol–water partition coefficient (Wildman–Crippen LogP) is 3.39. The van der Waals surface area contributed by atoms with Crippen LogP contribution in [0.25, 0.3) is 0 Å². The molecule has 11 heteroatoms. The molecule has 0 saturated heterocycles. The Morgan fingerprint density at radius 1 is 1.00 bits per heavy atom. The number of benzene rings is 2. The van der Waals surface area contributed by atoms with Gasteiger partial charge in [0.2, 0.25) is 5.91 Å². The first kappa shape index (κ1) is 20.7. The average molecular weight is 418 g/mol. The molecular formula is C19H17F3N6O2. The summed E-state index contributed by atoms with van der Waals surface area (Å²) >= 11 is 0. The van der Waals surface area contributed by atoms with Crippen LogP contribution in [0, 0.1) is 0 Å². The highest BCUT2D eigenvalue weighted by Gasteiger charge is 2.30. The zero-order chi connectivity index (χ0) is 21.6. The van der Waals surface area contributed by atoms with E-state index in [2.05, 4.69) is 30.9 Å². The number of carbonyl (C=O) groups is 1. The number of nitrogens with one attached hydrogen (secondary N) is 3. The van der Waals surface area contributed by atoms with Crippen molar-refractivity contribution in [2.24, 2.45) is 0 Å². The van der Waals surface area contributed by atoms with E-state index in [1.54, 1.807) is 0 Å². The molecule has 1 heterocycles. The summed E-state index contributed by atoms with van der Waals surface area (Å²) in [7, 11) is 0. The van der Waals surface area contributed by atoms with Crippen LogP contribution in [0.5, 0.6) is 5.75 Å². The molecule has 0 aliphatic carbocycles. The highest BCUT2D eigenvalue weighted by Crippen LogP contribution is 2.28. The number of rotatable bonds is 7. The fourth-order valence-corrected chi connectivity index (χ4v) is 2.43. The average Bonchev–Trinajstić information content (AvgIpc) is 2.70. The minimum atomic E-state index is -4.77. The molecule has 0 aliphatic heterocycles. The van der Waals surface area contributed by atoms with Crippen molar-refractivity contribution in [3.05, 3.63) is 66.5 Å². The lowest BCUT2D eigenvalue weighted by molar-refractivity contribution is -0.274. The second-order valence-electron chi connectivity index (χ2n) is 6.02. The van der Waals surface area contributed by atoms with Gasteiger partial charge in [-0.1, -0.05) is 30.3 Å². The van der Waals surface area contributed by atoms with Gasteiger partial charge in [-0.2, -0.15) is 0 Å². The Bertz CT molecular complexity index is 997. The first-order valence-electron chi connectivity index (χ1n) is 8.62. The van der Waals surface area contributed by atoms with Crippen LogP contribution in [0.2, 0.25) is 0 Å². The Kier molecular flexibility index (Phi) is 6.20. The maximum atomic E-state index is 12.2. The number of amides is 1. The standard InChI is InChI=1S/C19H17F3N6O2/c20-19(21,22)30-14-8-6-13(7-9-14)26-17-16(23)18(25-11-24-17)28-27-15(29)10-12-4-2-1-3-5-12/h1-9,11H,10,23H2,(H,27,29)(H2,24,25,26,28). The van der Waals surface area contributed by atoms with Crippen LogP contribution >= 0.6 is 0 Å². The summed E-state index contributed by atoms with van der Waals surface area (Å²) < 4.78 is 40.5. The monoisotopic (exact) mass is 418 g/mol. The van der Waals surface area contributed by atoms with E-state index in [1.807, 2.05) is 30.3 Å². The summed E-state index contributed by atoms with van der Waals surface area (Å²) in [4.78, 5) is 20.0. The smallest absolute Gasteiger partial charge is 0.406 e. The number of anilines is 4. The van der Waals surface area contributed by atoms with Crippen LogP contribution in [0.4, 0.5) is 36.2 Å². The highest BCUT2D eigenvalue weighted by molar-refractivity contribution is 5.82. The Hall–Kier alpha value is -4.02. The quantitative estimate of drug-likeness (QED) is 0.435. The molecule has 1 amide bonds. The fraction of sp³-hybridized carbons (Fsp3) is 0.105. The van der Waals surface area contributed by atoms with Gasteiger partial charge in [-0.25, -0.2) is 9.97 Å². The second kappa shape index (κ2) is 8.99. The summed E-state index contributed by atoms with van der Waals surface area (Å²) in [6.45, 7) is 0. The van der Waals surface area contributed by atoms with Crippen molar-refractivity contribution in [2.75, 3.05) is 16.5 Å². The van der Waals surface area contributed by atoms with Crippen molar-refractivity contribution in [1.82, 2.24) is 15.4 Å². The molecule has 0 unspecified atom stereocenters. The molecule has 0 aliphatic rings.